The van der Waals surface area contributed by atoms with Crippen LogP contribution in [0.2, 0.25) is 0 Å². The molecule has 2 heteroatoms. The summed E-state index contributed by atoms with van der Waals surface area (Å²) in [7, 11) is 2.21. The average Bonchev–Trinajstić information content (AvgIpc) is 2.73. The number of benzene rings is 1. The van der Waals surface area contributed by atoms with Crippen molar-refractivity contribution >= 4 is 22.7 Å². The molecule has 1 aliphatic carbocycles. The van der Waals surface area contributed by atoms with E-state index in [4.69, 9.17) is 0 Å². The number of nitrogens with zero attached hydrogens (tertiary/aromatic N) is 1. The first-order valence-electron chi connectivity index (χ1n) is 6.61. The summed E-state index contributed by atoms with van der Waals surface area (Å²) in [5.41, 5.74) is 2.86. The molecule has 0 amide bonds. The van der Waals surface area contributed by atoms with E-state index < -0.39 is 0 Å². The van der Waals surface area contributed by atoms with Gasteiger partial charge in [0.15, 0.2) is 0 Å². The van der Waals surface area contributed by atoms with Crippen molar-refractivity contribution in [1.82, 2.24) is 4.57 Å². The van der Waals surface area contributed by atoms with Crippen LogP contribution < -0.4 is 0 Å². The zero-order chi connectivity index (χ0) is 12.5. The molecule has 0 saturated carbocycles. The van der Waals surface area contributed by atoms with Crippen molar-refractivity contribution in [1.29, 1.82) is 0 Å². The zero-order valence-electron chi connectivity index (χ0n) is 11.0. The fraction of sp³-hybridized carbons (Fsp3) is 0.375. The Kier molecular flexibility index (Phi) is 3.21. The Balaban J connectivity index is 2.23. The normalized spacial score (nSPS) is 19.6. The molecule has 0 radical (unpaired) electrons. The molecular weight excluding hydrogens is 238 g/mol. The molecule has 0 bridgehead atoms. The molecule has 94 valence electrons. The Hall–Kier alpha value is -1.15. The Morgan fingerprint density at radius 2 is 2.11 bits per heavy atom. The van der Waals surface area contributed by atoms with E-state index in [0.717, 1.165) is 0 Å². The molecule has 0 spiro atoms. The molecule has 0 unspecified atom stereocenters. The van der Waals surface area contributed by atoms with Crippen LogP contribution in [0.25, 0.3) is 10.9 Å². The van der Waals surface area contributed by atoms with Crippen LogP contribution in [0.1, 0.15) is 30.9 Å². The van der Waals surface area contributed by atoms with Crippen LogP contribution >= 0.6 is 11.8 Å². The quantitative estimate of drug-likeness (QED) is 0.556. The van der Waals surface area contributed by atoms with Gasteiger partial charge in [0.05, 0.1) is 0 Å². The summed E-state index contributed by atoms with van der Waals surface area (Å²) in [4.78, 5) is 1.46. The number of thioether (sulfide) groups is 1. The smallest absolute Gasteiger partial charge is 0.0491 e. The van der Waals surface area contributed by atoms with Gasteiger partial charge in [0, 0.05) is 34.5 Å². The van der Waals surface area contributed by atoms with E-state index in [0.29, 0.717) is 5.92 Å². The number of hydrogen-bond donors (Lipinski definition) is 0. The highest BCUT2D eigenvalue weighted by atomic mass is 32.2. The predicted molar refractivity (Wildman–Crippen MR) is 80.4 cm³/mol. The minimum Gasteiger partial charge on any atom is -0.346 e. The maximum atomic E-state index is 2.40. The van der Waals surface area contributed by atoms with Crippen LogP contribution in [-0.2, 0) is 7.05 Å². The van der Waals surface area contributed by atoms with E-state index >= 15 is 0 Å². The Bertz CT molecular complexity index is 594. The number of fused-ring (bicyclic) bond motifs is 1. The molecule has 0 N–H and O–H groups in total. The number of aromatic nitrogens is 1. The molecule has 1 aromatic carbocycles. The van der Waals surface area contributed by atoms with Crippen LogP contribution in [-0.4, -0.2) is 10.8 Å². The van der Waals surface area contributed by atoms with Gasteiger partial charge in [-0.3, -0.25) is 0 Å². The van der Waals surface area contributed by atoms with Crippen molar-refractivity contribution in [3.8, 4) is 0 Å². The molecule has 1 heterocycles. The predicted octanol–water partition coefficient (Wildman–Crippen LogP) is 4.72. The Morgan fingerprint density at radius 1 is 1.28 bits per heavy atom. The van der Waals surface area contributed by atoms with Gasteiger partial charge in [-0.05, 0) is 31.6 Å². The summed E-state index contributed by atoms with van der Waals surface area (Å²) in [6.45, 7) is 0. The first-order valence-corrected chi connectivity index (χ1v) is 7.83. The lowest BCUT2D eigenvalue weighted by Crippen LogP contribution is -2.06. The lowest BCUT2D eigenvalue weighted by atomic mass is 9.93. The minimum atomic E-state index is 0.596. The van der Waals surface area contributed by atoms with E-state index in [2.05, 4.69) is 54.3 Å². The van der Waals surface area contributed by atoms with Gasteiger partial charge in [-0.2, -0.15) is 0 Å². The molecule has 3 rings (SSSR count). The van der Waals surface area contributed by atoms with Gasteiger partial charge in [-0.15, -0.1) is 11.8 Å². The van der Waals surface area contributed by atoms with Crippen molar-refractivity contribution in [3.63, 3.8) is 0 Å². The van der Waals surface area contributed by atoms with Crippen molar-refractivity contribution in [2.45, 2.75) is 30.1 Å². The minimum absolute atomic E-state index is 0.596. The molecular formula is C16H19NS. The average molecular weight is 257 g/mol. The van der Waals surface area contributed by atoms with Gasteiger partial charge in [0.1, 0.15) is 0 Å². The standard InChI is InChI=1S/C16H19NS/c1-17-14-11-7-6-10-13(14)16(18-2)15(17)12-8-4-3-5-9-12/h4,6-8,10-12H,3,5,9H2,1-2H3/t12-/m0/s1. The van der Waals surface area contributed by atoms with Crippen molar-refractivity contribution < 1.29 is 0 Å². The Labute approximate surface area is 113 Å². The molecule has 1 atom stereocenters. The van der Waals surface area contributed by atoms with Crippen LogP contribution in [0.4, 0.5) is 0 Å². The van der Waals surface area contributed by atoms with Crippen molar-refractivity contribution in [2.75, 3.05) is 6.26 Å². The topological polar surface area (TPSA) is 4.93 Å². The molecule has 0 aliphatic heterocycles. The third-order valence-electron chi connectivity index (χ3n) is 3.91. The second kappa shape index (κ2) is 4.85. The molecule has 1 aromatic heterocycles. The van der Waals surface area contributed by atoms with Crippen LogP contribution in [0.5, 0.6) is 0 Å². The summed E-state index contributed by atoms with van der Waals surface area (Å²) >= 11 is 1.88. The second-order valence-corrected chi connectivity index (χ2v) is 5.78. The Morgan fingerprint density at radius 3 is 2.83 bits per heavy atom. The third kappa shape index (κ3) is 1.79. The first-order chi connectivity index (χ1) is 8.83. The van der Waals surface area contributed by atoms with E-state index in [1.807, 2.05) is 11.8 Å². The second-order valence-electron chi connectivity index (χ2n) is 4.96. The van der Waals surface area contributed by atoms with Gasteiger partial charge in [0.2, 0.25) is 0 Å². The largest absolute Gasteiger partial charge is 0.346 e. The number of aryl methyl sites for hydroxylation is 1. The fourth-order valence-corrected chi connectivity index (χ4v) is 3.94. The summed E-state index contributed by atoms with van der Waals surface area (Å²) < 4.78 is 2.39. The highest BCUT2D eigenvalue weighted by molar-refractivity contribution is 7.98. The van der Waals surface area contributed by atoms with Crippen LogP contribution in [0.3, 0.4) is 0 Å². The SMILES string of the molecule is CSc1c([C@H]2C=CCCC2)n(C)c2ccccc12. The zero-order valence-corrected chi connectivity index (χ0v) is 11.8. The molecule has 2 aromatic rings. The fourth-order valence-electron chi connectivity index (χ4n) is 3.05. The van der Waals surface area contributed by atoms with E-state index in [1.165, 1.54) is 40.8 Å². The summed E-state index contributed by atoms with van der Waals surface area (Å²) in [6.07, 6.45) is 10.8. The molecule has 0 fully saturated rings. The molecule has 18 heavy (non-hydrogen) atoms. The number of allylic oxidation sites excluding steroid dienone is 2. The number of para-hydroxylation sites is 1. The van der Waals surface area contributed by atoms with E-state index in [1.54, 1.807) is 0 Å². The molecule has 1 aliphatic rings. The molecule has 1 nitrogen and oxygen atoms in total. The highest BCUT2D eigenvalue weighted by Gasteiger charge is 2.21. The van der Waals surface area contributed by atoms with E-state index in [9.17, 15) is 0 Å². The summed E-state index contributed by atoms with van der Waals surface area (Å²) in [5, 5.41) is 1.40. The third-order valence-corrected chi connectivity index (χ3v) is 4.75. The van der Waals surface area contributed by atoms with Crippen molar-refractivity contribution in [3.05, 3.63) is 42.1 Å². The highest BCUT2D eigenvalue weighted by Crippen LogP contribution is 2.39. The lowest BCUT2D eigenvalue weighted by molar-refractivity contribution is 0.615. The molecule has 0 saturated heterocycles. The van der Waals surface area contributed by atoms with E-state index in [-0.39, 0.29) is 0 Å². The van der Waals surface area contributed by atoms with Gasteiger partial charge in [0.25, 0.3) is 0 Å². The maximum Gasteiger partial charge on any atom is 0.0491 e. The number of hydrogen-bond acceptors (Lipinski definition) is 1. The van der Waals surface area contributed by atoms with Crippen LogP contribution in [0, 0.1) is 0 Å². The maximum absolute atomic E-state index is 2.40. The van der Waals surface area contributed by atoms with Gasteiger partial charge in [-0.1, -0.05) is 30.4 Å². The van der Waals surface area contributed by atoms with Crippen molar-refractivity contribution in [2.24, 2.45) is 7.05 Å². The van der Waals surface area contributed by atoms with Crippen LogP contribution in [0.15, 0.2) is 41.3 Å². The lowest BCUT2D eigenvalue weighted by Gasteiger charge is -2.19. The summed E-state index contributed by atoms with van der Waals surface area (Å²) in [5.74, 6) is 0.596. The first kappa shape index (κ1) is 11.9. The van der Waals surface area contributed by atoms with Gasteiger partial charge >= 0.3 is 0 Å². The monoisotopic (exact) mass is 257 g/mol. The van der Waals surface area contributed by atoms with Gasteiger partial charge < -0.3 is 4.57 Å². The van der Waals surface area contributed by atoms with Gasteiger partial charge in [-0.25, -0.2) is 0 Å². The summed E-state index contributed by atoms with van der Waals surface area (Å²) in [6, 6.07) is 8.75. The number of rotatable bonds is 2.